The molecule has 0 unspecified atom stereocenters. The number of carbonyl (C=O) groups is 1. The summed E-state index contributed by atoms with van der Waals surface area (Å²) in [5, 5.41) is 1.91. The average molecular weight is 357 g/mol. The summed E-state index contributed by atoms with van der Waals surface area (Å²) in [6, 6.07) is 3.75. The molecule has 0 saturated heterocycles. The lowest BCUT2D eigenvalue weighted by atomic mass is 10.2. The summed E-state index contributed by atoms with van der Waals surface area (Å²) in [5.74, 6) is 0.903. The quantitative estimate of drug-likeness (QED) is 0.733. The third kappa shape index (κ3) is 3.69. The van der Waals surface area contributed by atoms with E-state index in [2.05, 4.69) is 15.0 Å². The highest BCUT2D eigenvalue weighted by Gasteiger charge is 2.21. The molecule has 25 heavy (non-hydrogen) atoms. The number of nitrogens with one attached hydrogen (secondary N) is 1. The summed E-state index contributed by atoms with van der Waals surface area (Å²) in [5.41, 5.74) is -0.382. The average Bonchev–Trinajstić information content (AvgIpc) is 3.26. The fraction of sp³-hybridized carbons (Fsp3) is 0.294. The van der Waals surface area contributed by atoms with E-state index in [1.807, 2.05) is 42.2 Å². The Bertz CT molecular complexity index is 913. The van der Waals surface area contributed by atoms with E-state index in [1.165, 1.54) is 17.5 Å². The first kappa shape index (κ1) is 17.1. The highest BCUT2D eigenvalue weighted by Crippen LogP contribution is 2.19. The van der Waals surface area contributed by atoms with Crippen LogP contribution in [0.3, 0.4) is 0 Å². The lowest BCUT2D eigenvalue weighted by molar-refractivity contribution is 0.0735. The van der Waals surface area contributed by atoms with Crippen molar-refractivity contribution in [3.8, 4) is 10.7 Å². The molecule has 7 nitrogen and oxygen atoms in total. The fourth-order valence-electron chi connectivity index (χ4n) is 2.50. The van der Waals surface area contributed by atoms with Crippen molar-refractivity contribution in [2.45, 2.75) is 19.9 Å². The van der Waals surface area contributed by atoms with Gasteiger partial charge in [-0.05, 0) is 17.9 Å². The first-order valence-electron chi connectivity index (χ1n) is 7.98. The molecule has 0 aliphatic rings. The number of thiophene rings is 1. The lowest BCUT2D eigenvalue weighted by Crippen LogP contribution is -2.36. The molecule has 3 rings (SSSR count). The molecule has 0 aliphatic heterocycles. The molecule has 1 amide bonds. The summed E-state index contributed by atoms with van der Waals surface area (Å²) in [4.78, 5) is 38.9. The molecule has 0 fully saturated rings. The second kappa shape index (κ2) is 7.43. The van der Waals surface area contributed by atoms with Crippen LogP contribution in [-0.2, 0) is 13.6 Å². The van der Waals surface area contributed by atoms with E-state index in [0.29, 0.717) is 18.9 Å². The van der Waals surface area contributed by atoms with Gasteiger partial charge in [0.25, 0.3) is 11.5 Å². The molecule has 0 bridgehead atoms. The van der Waals surface area contributed by atoms with Gasteiger partial charge in [-0.1, -0.05) is 13.0 Å². The normalized spacial score (nSPS) is 10.8. The van der Waals surface area contributed by atoms with Gasteiger partial charge in [0.2, 0.25) is 0 Å². The maximum absolute atomic E-state index is 12.8. The summed E-state index contributed by atoms with van der Waals surface area (Å²) >= 11 is 1.48. The number of hydrogen-bond donors (Lipinski definition) is 1. The van der Waals surface area contributed by atoms with Crippen LogP contribution in [0.15, 0.2) is 40.9 Å². The fourth-order valence-corrected chi connectivity index (χ4v) is 3.17. The molecule has 3 aromatic rings. The predicted molar refractivity (Wildman–Crippen MR) is 96.4 cm³/mol. The van der Waals surface area contributed by atoms with Crippen molar-refractivity contribution >= 4 is 17.2 Å². The van der Waals surface area contributed by atoms with Gasteiger partial charge in [-0.2, -0.15) is 0 Å². The number of aryl methyl sites for hydroxylation is 1. The maximum atomic E-state index is 12.8. The number of carbonyl (C=O) groups excluding carboxylic acids is 1. The summed E-state index contributed by atoms with van der Waals surface area (Å²) < 4.78 is 1.86. The number of hydrogen-bond acceptors (Lipinski definition) is 5. The molecule has 3 heterocycles. The van der Waals surface area contributed by atoms with Gasteiger partial charge in [-0.3, -0.25) is 9.59 Å². The third-order valence-corrected chi connectivity index (χ3v) is 4.69. The molecule has 8 heteroatoms. The zero-order valence-electron chi connectivity index (χ0n) is 14.1. The van der Waals surface area contributed by atoms with Gasteiger partial charge in [0.15, 0.2) is 0 Å². The van der Waals surface area contributed by atoms with Gasteiger partial charge in [0.1, 0.15) is 17.2 Å². The summed E-state index contributed by atoms with van der Waals surface area (Å²) in [6.07, 6.45) is 5.66. The number of nitrogens with zero attached hydrogens (tertiary/aromatic N) is 4. The Morgan fingerprint density at radius 2 is 2.24 bits per heavy atom. The van der Waals surface area contributed by atoms with Gasteiger partial charge < -0.3 is 14.5 Å². The molecule has 0 saturated carbocycles. The van der Waals surface area contributed by atoms with E-state index in [4.69, 9.17) is 0 Å². The van der Waals surface area contributed by atoms with Crippen LogP contribution < -0.4 is 5.56 Å². The molecule has 0 atom stereocenters. The van der Waals surface area contributed by atoms with Crippen LogP contribution in [0.25, 0.3) is 10.7 Å². The number of aromatic amines is 1. The maximum Gasteiger partial charge on any atom is 0.264 e. The molecule has 0 aromatic carbocycles. The number of imidazole rings is 1. The minimum absolute atomic E-state index is 0.0444. The van der Waals surface area contributed by atoms with E-state index in [9.17, 15) is 9.59 Å². The van der Waals surface area contributed by atoms with Crippen molar-refractivity contribution in [2.24, 2.45) is 7.05 Å². The Balaban J connectivity index is 1.86. The second-order valence-corrected chi connectivity index (χ2v) is 6.58. The van der Waals surface area contributed by atoms with E-state index in [1.54, 1.807) is 11.1 Å². The molecular formula is C17H19N5O2S. The zero-order valence-corrected chi connectivity index (χ0v) is 14.9. The largest absolute Gasteiger partial charge is 0.337 e. The minimum Gasteiger partial charge on any atom is -0.337 e. The van der Waals surface area contributed by atoms with E-state index in [-0.39, 0.29) is 11.5 Å². The molecule has 0 spiro atoms. The Labute approximate surface area is 149 Å². The minimum atomic E-state index is -0.427. The van der Waals surface area contributed by atoms with Gasteiger partial charge in [-0.25, -0.2) is 9.97 Å². The second-order valence-electron chi connectivity index (χ2n) is 5.63. The van der Waals surface area contributed by atoms with Crippen molar-refractivity contribution in [2.75, 3.05) is 6.54 Å². The zero-order chi connectivity index (χ0) is 17.8. The summed E-state index contributed by atoms with van der Waals surface area (Å²) in [7, 11) is 1.88. The van der Waals surface area contributed by atoms with Crippen LogP contribution in [0.2, 0.25) is 0 Å². The summed E-state index contributed by atoms with van der Waals surface area (Å²) in [6.45, 7) is 2.88. The Morgan fingerprint density at radius 3 is 2.84 bits per heavy atom. The first-order chi connectivity index (χ1) is 12.1. The third-order valence-electron chi connectivity index (χ3n) is 3.82. The van der Waals surface area contributed by atoms with Crippen molar-refractivity contribution < 1.29 is 4.79 Å². The van der Waals surface area contributed by atoms with Crippen molar-refractivity contribution in [3.63, 3.8) is 0 Å². The van der Waals surface area contributed by atoms with Crippen molar-refractivity contribution in [1.82, 2.24) is 24.4 Å². The van der Waals surface area contributed by atoms with E-state index >= 15 is 0 Å². The van der Waals surface area contributed by atoms with Gasteiger partial charge >= 0.3 is 0 Å². The van der Waals surface area contributed by atoms with Crippen LogP contribution in [0.5, 0.6) is 0 Å². The molecular weight excluding hydrogens is 338 g/mol. The highest BCUT2D eigenvalue weighted by atomic mass is 32.1. The monoisotopic (exact) mass is 357 g/mol. The van der Waals surface area contributed by atoms with E-state index < -0.39 is 5.56 Å². The Hall–Kier alpha value is -2.74. The van der Waals surface area contributed by atoms with Gasteiger partial charge in [0.05, 0.1) is 11.4 Å². The van der Waals surface area contributed by atoms with Crippen LogP contribution in [0.4, 0.5) is 0 Å². The number of aromatic nitrogens is 4. The topological polar surface area (TPSA) is 83.9 Å². The SMILES string of the molecule is CCCN(Cc1nccn1C)C(=O)c1cnc(-c2cccs2)[nH]c1=O. The Kier molecular flexibility index (Phi) is 5.08. The number of amides is 1. The standard InChI is InChI=1S/C17H19N5O2S/c1-3-7-22(11-14-18-6-8-21(14)2)17(24)12-10-19-15(20-16(12)23)13-5-4-9-25-13/h4-6,8-10H,3,7,11H2,1-2H3,(H,19,20,23). The molecule has 0 radical (unpaired) electrons. The van der Waals surface area contributed by atoms with Gasteiger partial charge in [0, 0.05) is 32.2 Å². The van der Waals surface area contributed by atoms with Crippen molar-refractivity contribution in [1.29, 1.82) is 0 Å². The molecule has 130 valence electrons. The van der Waals surface area contributed by atoms with Crippen LogP contribution in [0, 0.1) is 0 Å². The number of H-pyrrole nitrogens is 1. The van der Waals surface area contributed by atoms with Crippen LogP contribution >= 0.6 is 11.3 Å². The highest BCUT2D eigenvalue weighted by molar-refractivity contribution is 7.13. The van der Waals surface area contributed by atoms with Gasteiger partial charge in [-0.15, -0.1) is 11.3 Å². The molecule has 1 N–H and O–H groups in total. The van der Waals surface area contributed by atoms with Crippen LogP contribution in [-0.4, -0.2) is 36.9 Å². The predicted octanol–water partition coefficient (Wildman–Crippen LogP) is 2.28. The Morgan fingerprint density at radius 1 is 1.40 bits per heavy atom. The lowest BCUT2D eigenvalue weighted by Gasteiger charge is -2.21. The van der Waals surface area contributed by atoms with E-state index in [0.717, 1.165) is 17.1 Å². The van der Waals surface area contributed by atoms with Crippen molar-refractivity contribution in [3.05, 3.63) is 57.8 Å². The number of rotatable bonds is 6. The molecule has 3 aromatic heterocycles. The van der Waals surface area contributed by atoms with Crippen LogP contribution in [0.1, 0.15) is 29.5 Å². The first-order valence-corrected chi connectivity index (χ1v) is 8.86. The molecule has 0 aliphatic carbocycles. The smallest absolute Gasteiger partial charge is 0.264 e.